The van der Waals surface area contributed by atoms with Crippen molar-refractivity contribution >= 4 is 22.6 Å². The Morgan fingerprint density at radius 1 is 1.23 bits per heavy atom. The highest BCUT2D eigenvalue weighted by molar-refractivity contribution is 5.85. The summed E-state index contributed by atoms with van der Waals surface area (Å²) >= 11 is 0. The van der Waals surface area contributed by atoms with Gasteiger partial charge >= 0.3 is 0 Å². The van der Waals surface area contributed by atoms with Crippen LogP contribution >= 0.6 is 0 Å². The van der Waals surface area contributed by atoms with E-state index < -0.39 is 0 Å². The van der Waals surface area contributed by atoms with Gasteiger partial charge in [-0.2, -0.15) is 0 Å². The Balaban J connectivity index is 1.76. The molecule has 2 aromatic heterocycles. The minimum Gasteiger partial charge on any atom is -0.344 e. The SMILES string of the molecule is CC(=O)Cc1cc(C)c2c(=O)cc(NC3=CC=CC4CC34)n(-c3ccccc3)c2n1. The van der Waals surface area contributed by atoms with E-state index in [0.29, 0.717) is 34.4 Å². The Kier molecular flexibility index (Phi) is 4.39. The number of rotatable bonds is 5. The van der Waals surface area contributed by atoms with Gasteiger partial charge in [0, 0.05) is 29.8 Å². The Labute approximate surface area is 174 Å². The van der Waals surface area contributed by atoms with E-state index in [1.165, 1.54) is 0 Å². The third-order valence-electron chi connectivity index (χ3n) is 5.81. The van der Waals surface area contributed by atoms with Gasteiger partial charge in [0.2, 0.25) is 0 Å². The summed E-state index contributed by atoms with van der Waals surface area (Å²) in [5, 5.41) is 4.10. The van der Waals surface area contributed by atoms with E-state index in [1.54, 1.807) is 13.0 Å². The highest BCUT2D eigenvalue weighted by atomic mass is 16.1. The first-order chi connectivity index (χ1) is 14.5. The molecule has 2 heterocycles. The molecule has 1 N–H and O–H groups in total. The average molecular weight is 397 g/mol. The number of aryl methyl sites for hydroxylation is 1. The maximum Gasteiger partial charge on any atom is 0.193 e. The quantitative estimate of drug-likeness (QED) is 0.696. The van der Waals surface area contributed by atoms with Crippen LogP contribution in [0.4, 0.5) is 5.82 Å². The Morgan fingerprint density at radius 3 is 2.80 bits per heavy atom. The number of anilines is 1. The number of nitrogens with one attached hydrogen (secondary N) is 1. The summed E-state index contributed by atoms with van der Waals surface area (Å²) < 4.78 is 1.99. The van der Waals surface area contributed by atoms with Gasteiger partial charge in [0.1, 0.15) is 11.6 Å². The zero-order valence-corrected chi connectivity index (χ0v) is 17.1. The molecule has 30 heavy (non-hydrogen) atoms. The van der Waals surface area contributed by atoms with Crippen molar-refractivity contribution in [2.45, 2.75) is 26.7 Å². The smallest absolute Gasteiger partial charge is 0.193 e. The van der Waals surface area contributed by atoms with Crippen LogP contribution in [0.5, 0.6) is 0 Å². The second-order valence-corrected chi connectivity index (χ2v) is 8.21. The van der Waals surface area contributed by atoms with Crippen molar-refractivity contribution in [2.75, 3.05) is 5.32 Å². The predicted octanol–water partition coefficient (Wildman–Crippen LogP) is 4.33. The fraction of sp³-hybridized carbons (Fsp3) is 0.240. The molecule has 2 atom stereocenters. The van der Waals surface area contributed by atoms with Gasteiger partial charge < -0.3 is 5.32 Å². The van der Waals surface area contributed by atoms with Crippen molar-refractivity contribution in [3.63, 3.8) is 0 Å². The number of Topliss-reactive ketones (excluding diaryl/α,β-unsaturated/α-hetero) is 1. The third kappa shape index (κ3) is 3.26. The maximum absolute atomic E-state index is 13.1. The molecule has 2 aliphatic rings. The highest BCUT2D eigenvalue weighted by Gasteiger charge is 2.39. The summed E-state index contributed by atoms with van der Waals surface area (Å²) in [6.45, 7) is 3.46. The van der Waals surface area contributed by atoms with E-state index in [9.17, 15) is 9.59 Å². The Hall–Kier alpha value is -3.47. The topological polar surface area (TPSA) is 64.0 Å². The van der Waals surface area contributed by atoms with Gasteiger partial charge in [-0.1, -0.05) is 30.4 Å². The molecule has 0 amide bonds. The molecule has 150 valence electrons. The molecule has 0 aliphatic heterocycles. The van der Waals surface area contributed by atoms with Crippen LogP contribution in [0.1, 0.15) is 24.6 Å². The number of nitrogens with zero attached hydrogens (tertiary/aromatic N) is 2. The highest BCUT2D eigenvalue weighted by Crippen LogP contribution is 2.47. The lowest BCUT2D eigenvalue weighted by Gasteiger charge is -2.20. The number of carbonyl (C=O) groups is 1. The van der Waals surface area contributed by atoms with Gasteiger partial charge in [0.05, 0.1) is 11.1 Å². The summed E-state index contributed by atoms with van der Waals surface area (Å²) in [6, 6.07) is 13.4. The van der Waals surface area contributed by atoms with Gasteiger partial charge in [0.15, 0.2) is 11.1 Å². The second kappa shape index (κ2) is 7.10. The zero-order chi connectivity index (χ0) is 20.8. The molecular weight excluding hydrogens is 374 g/mol. The predicted molar refractivity (Wildman–Crippen MR) is 119 cm³/mol. The first-order valence-electron chi connectivity index (χ1n) is 10.3. The van der Waals surface area contributed by atoms with Crippen LogP contribution in [-0.2, 0) is 11.2 Å². The fourth-order valence-electron chi connectivity index (χ4n) is 4.33. The number of pyridine rings is 2. The first-order valence-corrected chi connectivity index (χ1v) is 10.3. The van der Waals surface area contributed by atoms with E-state index in [2.05, 4.69) is 23.5 Å². The van der Waals surface area contributed by atoms with Crippen LogP contribution in [0.15, 0.2) is 71.2 Å². The molecule has 1 aromatic carbocycles. The molecule has 0 spiro atoms. The zero-order valence-electron chi connectivity index (χ0n) is 17.1. The number of aromatic nitrogens is 2. The fourth-order valence-corrected chi connectivity index (χ4v) is 4.33. The number of hydrogen-bond acceptors (Lipinski definition) is 4. The maximum atomic E-state index is 13.1. The monoisotopic (exact) mass is 397 g/mol. The number of benzene rings is 1. The van der Waals surface area contributed by atoms with E-state index in [4.69, 9.17) is 4.98 Å². The largest absolute Gasteiger partial charge is 0.344 e. The van der Waals surface area contributed by atoms with Crippen LogP contribution in [-0.4, -0.2) is 15.3 Å². The molecule has 1 fully saturated rings. The van der Waals surface area contributed by atoms with Crippen molar-refractivity contribution in [1.82, 2.24) is 9.55 Å². The summed E-state index contributed by atoms with van der Waals surface area (Å²) in [4.78, 5) is 29.6. The molecule has 0 radical (unpaired) electrons. The van der Waals surface area contributed by atoms with Gasteiger partial charge in [-0.05, 0) is 56.0 Å². The number of fused-ring (bicyclic) bond motifs is 2. The third-order valence-corrected chi connectivity index (χ3v) is 5.81. The van der Waals surface area contributed by atoms with Gasteiger partial charge in [-0.25, -0.2) is 4.98 Å². The summed E-state index contributed by atoms with van der Waals surface area (Å²) in [5.41, 5.74) is 4.05. The molecule has 5 rings (SSSR count). The van der Waals surface area contributed by atoms with Crippen LogP contribution in [0, 0.1) is 18.8 Å². The number of carbonyl (C=O) groups excluding carboxylic acids is 1. The summed E-state index contributed by atoms with van der Waals surface area (Å²) in [6.07, 6.45) is 7.79. The van der Waals surface area contributed by atoms with Crippen molar-refractivity contribution < 1.29 is 4.79 Å². The average Bonchev–Trinajstić information content (AvgIpc) is 3.49. The molecule has 5 nitrogen and oxygen atoms in total. The second-order valence-electron chi connectivity index (χ2n) is 8.21. The van der Waals surface area contributed by atoms with Crippen LogP contribution < -0.4 is 10.7 Å². The van der Waals surface area contributed by atoms with Crippen LogP contribution in [0.3, 0.4) is 0 Å². The standard InChI is InChI=1S/C25H23N3O2/c1-15-11-18(12-16(2)29)26-25-24(15)22(30)14-23(28(25)19-8-4-3-5-9-19)27-21-10-6-7-17-13-20(17)21/h3-11,14,17,20,27H,12-13H2,1-2H3. The number of hydrogen-bond donors (Lipinski definition) is 1. The molecule has 0 saturated heterocycles. The molecule has 0 bridgehead atoms. The van der Waals surface area contributed by atoms with Crippen molar-refractivity contribution in [1.29, 1.82) is 0 Å². The van der Waals surface area contributed by atoms with E-state index in [-0.39, 0.29) is 17.6 Å². The summed E-state index contributed by atoms with van der Waals surface area (Å²) in [5.74, 6) is 1.82. The van der Waals surface area contributed by atoms with Crippen LogP contribution in [0.2, 0.25) is 0 Å². The Bertz CT molecular complexity index is 1290. The van der Waals surface area contributed by atoms with E-state index in [1.807, 2.05) is 47.9 Å². The first kappa shape index (κ1) is 18.6. The number of para-hydroxylation sites is 1. The van der Waals surface area contributed by atoms with Gasteiger partial charge in [-0.15, -0.1) is 0 Å². The summed E-state index contributed by atoms with van der Waals surface area (Å²) in [7, 11) is 0. The lowest BCUT2D eigenvalue weighted by atomic mass is 10.1. The molecule has 1 saturated carbocycles. The molecule has 2 aliphatic carbocycles. The van der Waals surface area contributed by atoms with E-state index >= 15 is 0 Å². The van der Waals surface area contributed by atoms with Crippen molar-refractivity contribution in [3.8, 4) is 5.69 Å². The molecular formula is C25H23N3O2. The number of allylic oxidation sites excluding steroid dienone is 4. The molecule has 5 heteroatoms. The molecule has 3 aromatic rings. The lowest BCUT2D eigenvalue weighted by Crippen LogP contribution is -2.18. The lowest BCUT2D eigenvalue weighted by molar-refractivity contribution is -0.116. The van der Waals surface area contributed by atoms with E-state index in [0.717, 1.165) is 23.4 Å². The minimum absolute atomic E-state index is 0.0445. The minimum atomic E-state index is -0.0710. The molecule has 2 unspecified atom stereocenters. The normalized spacial score (nSPS) is 19.3. The van der Waals surface area contributed by atoms with Crippen LogP contribution in [0.25, 0.3) is 16.7 Å². The van der Waals surface area contributed by atoms with Crippen molar-refractivity contribution in [2.24, 2.45) is 11.8 Å². The van der Waals surface area contributed by atoms with Gasteiger partial charge in [0.25, 0.3) is 0 Å². The Morgan fingerprint density at radius 2 is 2.03 bits per heavy atom. The van der Waals surface area contributed by atoms with Gasteiger partial charge in [-0.3, -0.25) is 14.2 Å². The number of ketones is 1. The van der Waals surface area contributed by atoms with Crippen molar-refractivity contribution in [3.05, 3.63) is 87.9 Å².